The van der Waals surface area contributed by atoms with E-state index in [1.165, 1.54) is 17.7 Å². The molecule has 0 radical (unpaired) electrons. The third kappa shape index (κ3) is 2.37. The van der Waals surface area contributed by atoms with E-state index in [9.17, 15) is 4.39 Å². The highest BCUT2D eigenvalue weighted by molar-refractivity contribution is 5.80. The van der Waals surface area contributed by atoms with Crippen LogP contribution in [0.3, 0.4) is 0 Å². The third-order valence-corrected chi connectivity index (χ3v) is 3.63. The lowest BCUT2D eigenvalue weighted by Crippen LogP contribution is -2.11. The summed E-state index contributed by atoms with van der Waals surface area (Å²) in [5, 5.41) is 0. The summed E-state index contributed by atoms with van der Waals surface area (Å²) in [5.74, 6) is 0.0640. The molecule has 0 spiro atoms. The minimum atomic E-state index is -0.296. The van der Waals surface area contributed by atoms with Gasteiger partial charge in [0.2, 0.25) is 5.95 Å². The van der Waals surface area contributed by atoms with Crippen molar-refractivity contribution in [1.82, 2.24) is 9.55 Å². The molecule has 0 fully saturated rings. The maximum Gasteiger partial charge on any atom is 0.205 e. The lowest BCUT2D eigenvalue weighted by molar-refractivity contribution is 0.590. The highest BCUT2D eigenvalue weighted by Crippen LogP contribution is 2.27. The van der Waals surface area contributed by atoms with Crippen molar-refractivity contribution in [2.75, 3.05) is 5.73 Å². The van der Waals surface area contributed by atoms with Crippen LogP contribution in [0, 0.1) is 5.82 Å². The molecule has 2 N–H and O–H groups in total. The summed E-state index contributed by atoms with van der Waals surface area (Å²) in [4.78, 5) is 4.28. The molecule has 108 valence electrons. The Morgan fingerprint density at radius 2 is 1.71 bits per heavy atom. The van der Waals surface area contributed by atoms with Gasteiger partial charge in [-0.15, -0.1) is 0 Å². The van der Waals surface area contributed by atoms with Crippen molar-refractivity contribution in [3.63, 3.8) is 0 Å². The minimum Gasteiger partial charge on any atom is -0.369 e. The summed E-state index contributed by atoms with van der Waals surface area (Å²) >= 11 is 0. The summed E-state index contributed by atoms with van der Waals surface area (Å²) in [7, 11) is 0. The standard InChI is InChI=1S/C17H18FN3/c1-17(2,3)11-4-7-13(8-5-11)21-15-10-12(18)6-9-14(15)20-16(21)19/h4-10H,1-3H3,(H2,19,20). The zero-order valence-electron chi connectivity index (χ0n) is 12.4. The fraction of sp³-hybridized carbons (Fsp3) is 0.235. The van der Waals surface area contributed by atoms with E-state index in [1.807, 2.05) is 12.1 Å². The van der Waals surface area contributed by atoms with Crippen molar-refractivity contribution in [2.45, 2.75) is 26.2 Å². The van der Waals surface area contributed by atoms with Crippen molar-refractivity contribution < 1.29 is 4.39 Å². The molecule has 1 heterocycles. The van der Waals surface area contributed by atoms with E-state index < -0.39 is 0 Å². The zero-order valence-corrected chi connectivity index (χ0v) is 12.4. The quantitative estimate of drug-likeness (QED) is 0.732. The average molecular weight is 283 g/mol. The Balaban J connectivity index is 2.16. The molecule has 4 heteroatoms. The predicted molar refractivity (Wildman–Crippen MR) is 84.1 cm³/mol. The van der Waals surface area contributed by atoms with Crippen molar-refractivity contribution in [3.8, 4) is 5.69 Å². The first kappa shape index (κ1) is 13.6. The minimum absolute atomic E-state index is 0.0905. The Hall–Kier alpha value is -2.36. The van der Waals surface area contributed by atoms with E-state index in [0.29, 0.717) is 17.0 Å². The molecule has 3 nitrogen and oxygen atoms in total. The largest absolute Gasteiger partial charge is 0.369 e. The Morgan fingerprint density at radius 3 is 2.33 bits per heavy atom. The van der Waals surface area contributed by atoms with Crippen LogP contribution in [-0.2, 0) is 5.41 Å². The summed E-state index contributed by atoms with van der Waals surface area (Å²) in [5.41, 5.74) is 9.56. The van der Waals surface area contributed by atoms with E-state index in [0.717, 1.165) is 5.69 Å². The van der Waals surface area contributed by atoms with Crippen molar-refractivity contribution in [2.24, 2.45) is 0 Å². The van der Waals surface area contributed by atoms with Crippen molar-refractivity contribution in [1.29, 1.82) is 0 Å². The van der Waals surface area contributed by atoms with Crippen LogP contribution in [-0.4, -0.2) is 9.55 Å². The number of anilines is 1. The zero-order chi connectivity index (χ0) is 15.2. The number of imidazole rings is 1. The smallest absolute Gasteiger partial charge is 0.205 e. The Labute approximate surface area is 123 Å². The van der Waals surface area contributed by atoms with Gasteiger partial charge in [-0.3, -0.25) is 4.57 Å². The van der Waals surface area contributed by atoms with E-state index in [4.69, 9.17) is 5.73 Å². The molecule has 0 aliphatic carbocycles. The lowest BCUT2D eigenvalue weighted by atomic mass is 9.87. The summed E-state index contributed by atoms with van der Waals surface area (Å²) in [6, 6.07) is 12.6. The number of aromatic nitrogens is 2. The number of rotatable bonds is 1. The summed E-state index contributed by atoms with van der Waals surface area (Å²) in [6.07, 6.45) is 0. The monoisotopic (exact) mass is 283 g/mol. The van der Waals surface area contributed by atoms with Gasteiger partial charge in [0, 0.05) is 11.8 Å². The third-order valence-electron chi connectivity index (χ3n) is 3.63. The lowest BCUT2D eigenvalue weighted by Gasteiger charge is -2.19. The van der Waals surface area contributed by atoms with Crippen LogP contribution in [0.2, 0.25) is 0 Å². The number of nitrogens with two attached hydrogens (primary N) is 1. The number of hydrogen-bond acceptors (Lipinski definition) is 2. The second-order valence-corrected chi connectivity index (χ2v) is 6.24. The van der Waals surface area contributed by atoms with Crippen LogP contribution in [0.1, 0.15) is 26.3 Å². The van der Waals surface area contributed by atoms with Gasteiger partial charge in [0.1, 0.15) is 5.82 Å². The van der Waals surface area contributed by atoms with Crippen LogP contribution in [0.15, 0.2) is 42.5 Å². The Bertz CT molecular complexity index is 795. The van der Waals surface area contributed by atoms with Gasteiger partial charge in [-0.05, 0) is 35.2 Å². The van der Waals surface area contributed by atoms with E-state index in [2.05, 4.69) is 37.9 Å². The molecule has 0 unspecified atom stereocenters. The Kier molecular flexibility index (Phi) is 2.97. The molecular formula is C17H18FN3. The fourth-order valence-corrected chi connectivity index (χ4v) is 2.45. The number of fused-ring (bicyclic) bond motifs is 1. The molecule has 2 aromatic carbocycles. The van der Waals surface area contributed by atoms with E-state index in [1.54, 1.807) is 10.6 Å². The molecule has 0 atom stereocenters. The topological polar surface area (TPSA) is 43.8 Å². The van der Waals surface area contributed by atoms with Gasteiger partial charge in [0.15, 0.2) is 0 Å². The van der Waals surface area contributed by atoms with Crippen LogP contribution >= 0.6 is 0 Å². The highest BCUT2D eigenvalue weighted by Gasteiger charge is 2.15. The normalized spacial score (nSPS) is 12.0. The highest BCUT2D eigenvalue weighted by atomic mass is 19.1. The van der Waals surface area contributed by atoms with E-state index in [-0.39, 0.29) is 11.2 Å². The van der Waals surface area contributed by atoms with Crippen LogP contribution < -0.4 is 5.73 Å². The number of nitrogens with zero attached hydrogens (tertiary/aromatic N) is 2. The van der Waals surface area contributed by atoms with Gasteiger partial charge in [-0.1, -0.05) is 32.9 Å². The van der Waals surface area contributed by atoms with Crippen LogP contribution in [0.5, 0.6) is 0 Å². The predicted octanol–water partition coefficient (Wildman–Crippen LogP) is 4.04. The molecule has 0 saturated carbocycles. The van der Waals surface area contributed by atoms with Crippen LogP contribution in [0.25, 0.3) is 16.7 Å². The van der Waals surface area contributed by atoms with Gasteiger partial charge >= 0.3 is 0 Å². The molecule has 0 saturated heterocycles. The Morgan fingerprint density at radius 1 is 1.05 bits per heavy atom. The molecule has 21 heavy (non-hydrogen) atoms. The first-order valence-electron chi connectivity index (χ1n) is 6.91. The van der Waals surface area contributed by atoms with Crippen molar-refractivity contribution >= 4 is 17.0 Å². The van der Waals surface area contributed by atoms with Crippen LogP contribution in [0.4, 0.5) is 10.3 Å². The maximum atomic E-state index is 13.5. The number of hydrogen-bond donors (Lipinski definition) is 1. The average Bonchev–Trinajstić information content (AvgIpc) is 2.73. The first-order valence-corrected chi connectivity index (χ1v) is 6.91. The van der Waals surface area contributed by atoms with E-state index >= 15 is 0 Å². The number of benzene rings is 2. The molecule has 3 aromatic rings. The molecular weight excluding hydrogens is 265 g/mol. The SMILES string of the molecule is CC(C)(C)c1ccc(-n2c(N)nc3ccc(F)cc32)cc1. The second-order valence-electron chi connectivity index (χ2n) is 6.24. The first-order chi connectivity index (χ1) is 9.86. The van der Waals surface area contributed by atoms with Crippen molar-refractivity contribution in [3.05, 3.63) is 53.8 Å². The second kappa shape index (κ2) is 4.58. The summed E-state index contributed by atoms with van der Waals surface area (Å²) < 4.78 is 15.2. The molecule has 3 rings (SSSR count). The van der Waals surface area contributed by atoms with Gasteiger partial charge in [0.25, 0.3) is 0 Å². The fourth-order valence-electron chi connectivity index (χ4n) is 2.45. The molecule has 0 aliphatic heterocycles. The number of nitrogen functional groups attached to an aromatic ring is 1. The number of halogens is 1. The summed E-state index contributed by atoms with van der Waals surface area (Å²) in [6.45, 7) is 6.50. The van der Waals surface area contributed by atoms with Gasteiger partial charge in [-0.25, -0.2) is 9.37 Å². The maximum absolute atomic E-state index is 13.5. The molecule has 1 aromatic heterocycles. The van der Waals surface area contributed by atoms with Gasteiger partial charge in [0.05, 0.1) is 11.0 Å². The van der Waals surface area contributed by atoms with Gasteiger partial charge in [-0.2, -0.15) is 0 Å². The molecule has 0 aliphatic rings. The van der Waals surface area contributed by atoms with Gasteiger partial charge < -0.3 is 5.73 Å². The molecule has 0 bridgehead atoms. The molecule has 0 amide bonds.